The molecule has 1 aromatic heterocycles. The Kier molecular flexibility index (Phi) is 5.42. The van der Waals surface area contributed by atoms with Gasteiger partial charge in [0.15, 0.2) is 0 Å². The Balaban J connectivity index is 1.57. The minimum atomic E-state index is -0.351. The van der Waals surface area contributed by atoms with Crippen molar-refractivity contribution in [3.05, 3.63) is 11.9 Å². The van der Waals surface area contributed by atoms with Crippen molar-refractivity contribution < 1.29 is 14.3 Å². The number of nitrogens with one attached hydrogen (secondary N) is 2. The molecular formula is C18H28N4O3. The topological polar surface area (TPSA) is 85.4 Å². The van der Waals surface area contributed by atoms with Crippen LogP contribution < -0.4 is 15.4 Å². The number of nitrogens with zero attached hydrogens (tertiary/aromatic N) is 2. The molecule has 1 saturated carbocycles. The lowest BCUT2D eigenvalue weighted by Crippen LogP contribution is -2.55. The number of amides is 1. The van der Waals surface area contributed by atoms with Gasteiger partial charge in [0.05, 0.1) is 25.2 Å². The molecule has 0 spiro atoms. The molecule has 2 fully saturated rings. The predicted molar refractivity (Wildman–Crippen MR) is 94.7 cm³/mol. The Bertz CT molecular complexity index is 618. The molecule has 1 aliphatic carbocycles. The van der Waals surface area contributed by atoms with Gasteiger partial charge in [-0.1, -0.05) is 0 Å². The van der Waals surface area contributed by atoms with Gasteiger partial charge in [0, 0.05) is 18.2 Å². The van der Waals surface area contributed by atoms with Crippen molar-refractivity contribution in [3.8, 4) is 5.88 Å². The molecule has 1 aliphatic heterocycles. The van der Waals surface area contributed by atoms with Crippen molar-refractivity contribution in [2.75, 3.05) is 25.1 Å². The lowest BCUT2D eigenvalue weighted by atomic mass is 9.85. The van der Waals surface area contributed by atoms with Crippen molar-refractivity contribution in [3.63, 3.8) is 0 Å². The van der Waals surface area contributed by atoms with E-state index in [9.17, 15) is 4.79 Å². The van der Waals surface area contributed by atoms with Crippen LogP contribution in [0.3, 0.4) is 0 Å². The van der Waals surface area contributed by atoms with Crippen LogP contribution >= 0.6 is 0 Å². The van der Waals surface area contributed by atoms with E-state index in [2.05, 4.69) is 20.6 Å². The molecule has 0 radical (unpaired) electrons. The van der Waals surface area contributed by atoms with Crippen molar-refractivity contribution in [2.24, 2.45) is 5.41 Å². The summed E-state index contributed by atoms with van der Waals surface area (Å²) in [7, 11) is 0. The smallest absolute Gasteiger partial charge is 0.230 e. The average Bonchev–Trinajstić information content (AvgIpc) is 2.52. The molecule has 2 unspecified atom stereocenters. The molecule has 0 bridgehead atoms. The summed E-state index contributed by atoms with van der Waals surface area (Å²) in [6.07, 6.45) is 4.07. The zero-order valence-electron chi connectivity index (χ0n) is 15.3. The summed E-state index contributed by atoms with van der Waals surface area (Å²) in [6, 6.07) is 2.32. The number of hydrogen-bond donors (Lipinski definition) is 2. The Morgan fingerprint density at radius 3 is 2.80 bits per heavy atom. The molecule has 1 saturated heterocycles. The number of ether oxygens (including phenoxy) is 2. The van der Waals surface area contributed by atoms with E-state index in [1.165, 1.54) is 0 Å². The maximum absolute atomic E-state index is 12.4. The van der Waals surface area contributed by atoms with Crippen molar-refractivity contribution >= 4 is 11.7 Å². The second kappa shape index (κ2) is 7.56. The lowest BCUT2D eigenvalue weighted by Gasteiger charge is -2.39. The minimum absolute atomic E-state index is 0.112. The predicted octanol–water partition coefficient (Wildman–Crippen LogP) is 2.06. The maximum Gasteiger partial charge on any atom is 0.230 e. The van der Waals surface area contributed by atoms with Crippen LogP contribution in [0.1, 0.15) is 45.4 Å². The molecular weight excluding hydrogens is 320 g/mol. The molecule has 138 valence electrons. The molecule has 3 rings (SSSR count). The fourth-order valence-corrected chi connectivity index (χ4v) is 3.40. The molecule has 2 aliphatic rings. The van der Waals surface area contributed by atoms with E-state index in [0.717, 1.165) is 31.5 Å². The second-order valence-corrected chi connectivity index (χ2v) is 7.30. The number of aryl methyl sites for hydroxylation is 1. The van der Waals surface area contributed by atoms with Crippen LogP contribution in [0.2, 0.25) is 0 Å². The quantitative estimate of drug-likeness (QED) is 0.818. The first-order chi connectivity index (χ1) is 12.0. The molecule has 25 heavy (non-hydrogen) atoms. The van der Waals surface area contributed by atoms with E-state index < -0.39 is 0 Å². The summed E-state index contributed by atoms with van der Waals surface area (Å²) in [4.78, 5) is 21.1. The van der Waals surface area contributed by atoms with Gasteiger partial charge in [-0.2, -0.15) is 4.98 Å². The van der Waals surface area contributed by atoms with Crippen molar-refractivity contribution in [2.45, 2.75) is 58.5 Å². The first-order valence-electron chi connectivity index (χ1n) is 9.12. The molecule has 7 heteroatoms. The monoisotopic (exact) mass is 348 g/mol. The second-order valence-electron chi connectivity index (χ2n) is 7.30. The van der Waals surface area contributed by atoms with E-state index >= 15 is 0 Å². The summed E-state index contributed by atoms with van der Waals surface area (Å²) >= 11 is 0. The van der Waals surface area contributed by atoms with Gasteiger partial charge in [-0.15, -0.1) is 0 Å². The Hall–Kier alpha value is -1.89. The van der Waals surface area contributed by atoms with Gasteiger partial charge >= 0.3 is 0 Å². The molecule has 1 aromatic rings. The number of carbonyl (C=O) groups excluding carboxylic acids is 1. The number of rotatable bonds is 6. The zero-order chi connectivity index (χ0) is 17.9. The van der Waals surface area contributed by atoms with Crippen LogP contribution in [0, 0.1) is 12.3 Å². The molecule has 0 aromatic carbocycles. The highest BCUT2D eigenvalue weighted by Gasteiger charge is 2.42. The lowest BCUT2D eigenvalue weighted by molar-refractivity contribution is -0.158. The summed E-state index contributed by atoms with van der Waals surface area (Å²) in [5.41, 5.74) is -0.351. The Morgan fingerprint density at radius 2 is 2.12 bits per heavy atom. The average molecular weight is 348 g/mol. The highest BCUT2D eigenvalue weighted by Crippen LogP contribution is 2.28. The Morgan fingerprint density at radius 1 is 1.36 bits per heavy atom. The van der Waals surface area contributed by atoms with Crippen molar-refractivity contribution in [1.29, 1.82) is 0 Å². The van der Waals surface area contributed by atoms with Gasteiger partial charge < -0.3 is 20.1 Å². The first kappa shape index (κ1) is 17.9. The SMILES string of the molecule is CCOc1cc(NC2CCCC(NC(=O)C3(C)COC3)C2)nc(C)n1. The largest absolute Gasteiger partial charge is 0.478 e. The highest BCUT2D eigenvalue weighted by atomic mass is 16.5. The molecule has 1 amide bonds. The first-order valence-corrected chi connectivity index (χ1v) is 9.12. The zero-order valence-corrected chi connectivity index (χ0v) is 15.3. The van der Waals surface area contributed by atoms with E-state index in [1.54, 1.807) is 0 Å². The Labute approximate surface area is 148 Å². The minimum Gasteiger partial charge on any atom is -0.478 e. The summed E-state index contributed by atoms with van der Waals surface area (Å²) < 4.78 is 10.7. The van der Waals surface area contributed by atoms with E-state index in [1.807, 2.05) is 26.8 Å². The van der Waals surface area contributed by atoms with Crippen LogP contribution in [-0.2, 0) is 9.53 Å². The highest BCUT2D eigenvalue weighted by molar-refractivity contribution is 5.83. The third kappa shape index (κ3) is 4.39. The van der Waals surface area contributed by atoms with E-state index in [4.69, 9.17) is 9.47 Å². The number of carbonyl (C=O) groups is 1. The van der Waals surface area contributed by atoms with Crippen LogP contribution in [-0.4, -0.2) is 47.8 Å². The van der Waals surface area contributed by atoms with Crippen molar-refractivity contribution in [1.82, 2.24) is 15.3 Å². The number of anilines is 1. The fraction of sp³-hybridized carbons (Fsp3) is 0.722. The van der Waals surface area contributed by atoms with Gasteiger partial charge in [-0.05, 0) is 46.5 Å². The van der Waals surface area contributed by atoms with Crippen LogP contribution in [0.4, 0.5) is 5.82 Å². The number of aromatic nitrogens is 2. The maximum atomic E-state index is 12.4. The molecule has 2 N–H and O–H groups in total. The summed E-state index contributed by atoms with van der Waals surface area (Å²) in [5, 5.41) is 6.69. The van der Waals surface area contributed by atoms with Gasteiger partial charge in [-0.25, -0.2) is 4.98 Å². The van der Waals surface area contributed by atoms with E-state index in [0.29, 0.717) is 31.5 Å². The molecule has 7 nitrogen and oxygen atoms in total. The van der Waals surface area contributed by atoms with E-state index in [-0.39, 0.29) is 23.4 Å². The third-order valence-electron chi connectivity index (χ3n) is 4.86. The third-order valence-corrected chi connectivity index (χ3v) is 4.86. The number of hydrogen-bond acceptors (Lipinski definition) is 6. The van der Waals surface area contributed by atoms with Gasteiger partial charge in [0.1, 0.15) is 11.6 Å². The summed E-state index contributed by atoms with van der Waals surface area (Å²) in [5.74, 6) is 2.18. The molecule has 2 heterocycles. The van der Waals surface area contributed by atoms with Crippen LogP contribution in [0.25, 0.3) is 0 Å². The standard InChI is InChI=1S/C18H28N4O3/c1-4-25-16-9-15(19-12(2)20-16)21-13-6-5-7-14(8-13)22-17(23)18(3)10-24-11-18/h9,13-14H,4-8,10-11H2,1-3H3,(H,22,23)(H,19,20,21). The van der Waals surface area contributed by atoms with Crippen LogP contribution in [0.5, 0.6) is 5.88 Å². The summed E-state index contributed by atoms with van der Waals surface area (Å²) in [6.45, 7) is 7.38. The van der Waals surface area contributed by atoms with Gasteiger partial charge in [-0.3, -0.25) is 4.79 Å². The van der Waals surface area contributed by atoms with Gasteiger partial charge in [0.25, 0.3) is 0 Å². The fourth-order valence-electron chi connectivity index (χ4n) is 3.40. The van der Waals surface area contributed by atoms with Crippen LogP contribution in [0.15, 0.2) is 6.07 Å². The normalized spacial score (nSPS) is 24.9. The molecule has 2 atom stereocenters. The van der Waals surface area contributed by atoms with Gasteiger partial charge in [0.2, 0.25) is 11.8 Å².